The van der Waals surface area contributed by atoms with Gasteiger partial charge in [-0.1, -0.05) is 44.2 Å². The SMILES string of the molecule is CC(C)C[C@H](NC(=O)/C=C/c1ccco1)c1ccccc1. The molecule has 0 spiro atoms. The summed E-state index contributed by atoms with van der Waals surface area (Å²) in [6, 6.07) is 13.7. The maximum Gasteiger partial charge on any atom is 0.244 e. The van der Waals surface area contributed by atoms with Gasteiger partial charge in [0.05, 0.1) is 12.3 Å². The van der Waals surface area contributed by atoms with E-state index in [0.717, 1.165) is 12.0 Å². The highest BCUT2D eigenvalue weighted by Gasteiger charge is 2.14. The zero-order valence-electron chi connectivity index (χ0n) is 12.5. The van der Waals surface area contributed by atoms with Crippen LogP contribution in [0, 0.1) is 5.92 Å². The fourth-order valence-electron chi connectivity index (χ4n) is 2.20. The molecule has 0 unspecified atom stereocenters. The Balaban J connectivity index is 2.03. The molecule has 1 heterocycles. The van der Waals surface area contributed by atoms with Gasteiger partial charge in [0, 0.05) is 6.08 Å². The minimum Gasteiger partial charge on any atom is -0.465 e. The Morgan fingerprint density at radius 2 is 1.95 bits per heavy atom. The van der Waals surface area contributed by atoms with E-state index < -0.39 is 0 Å². The number of carbonyl (C=O) groups excluding carboxylic acids is 1. The van der Waals surface area contributed by atoms with Crippen molar-refractivity contribution in [1.82, 2.24) is 5.32 Å². The van der Waals surface area contributed by atoms with Crippen molar-refractivity contribution in [2.45, 2.75) is 26.3 Å². The van der Waals surface area contributed by atoms with E-state index in [-0.39, 0.29) is 11.9 Å². The summed E-state index contributed by atoms with van der Waals surface area (Å²) < 4.78 is 5.17. The van der Waals surface area contributed by atoms with Crippen molar-refractivity contribution in [2.24, 2.45) is 5.92 Å². The Bertz CT molecular complexity index is 571. The van der Waals surface area contributed by atoms with Crippen molar-refractivity contribution in [3.63, 3.8) is 0 Å². The van der Waals surface area contributed by atoms with Crippen LogP contribution in [0.3, 0.4) is 0 Å². The number of hydrogen-bond donors (Lipinski definition) is 1. The first kappa shape index (κ1) is 15.1. The van der Waals surface area contributed by atoms with Gasteiger partial charge in [0.2, 0.25) is 5.91 Å². The van der Waals surface area contributed by atoms with Gasteiger partial charge >= 0.3 is 0 Å². The first-order chi connectivity index (χ1) is 10.1. The van der Waals surface area contributed by atoms with Crippen LogP contribution < -0.4 is 5.32 Å². The number of furan rings is 1. The number of hydrogen-bond acceptors (Lipinski definition) is 2. The fraction of sp³-hybridized carbons (Fsp3) is 0.278. The lowest BCUT2D eigenvalue weighted by Gasteiger charge is -2.20. The predicted octanol–water partition coefficient (Wildman–Crippen LogP) is 4.20. The highest BCUT2D eigenvalue weighted by molar-refractivity contribution is 5.91. The molecule has 0 aliphatic heterocycles. The summed E-state index contributed by atoms with van der Waals surface area (Å²) in [6.45, 7) is 4.31. The van der Waals surface area contributed by atoms with E-state index in [1.165, 1.54) is 6.08 Å². The Kier molecular flexibility index (Phi) is 5.38. The highest BCUT2D eigenvalue weighted by atomic mass is 16.3. The first-order valence-corrected chi connectivity index (χ1v) is 7.22. The summed E-state index contributed by atoms with van der Waals surface area (Å²) in [4.78, 5) is 12.1. The number of carbonyl (C=O) groups is 1. The topological polar surface area (TPSA) is 42.2 Å². The second-order valence-electron chi connectivity index (χ2n) is 5.45. The Labute approximate surface area is 125 Å². The van der Waals surface area contributed by atoms with Crippen LogP contribution in [0.5, 0.6) is 0 Å². The van der Waals surface area contributed by atoms with Crippen molar-refractivity contribution in [1.29, 1.82) is 0 Å². The van der Waals surface area contributed by atoms with Crippen molar-refractivity contribution < 1.29 is 9.21 Å². The van der Waals surface area contributed by atoms with Gasteiger partial charge in [0.1, 0.15) is 5.76 Å². The fourth-order valence-corrected chi connectivity index (χ4v) is 2.20. The number of amides is 1. The van der Waals surface area contributed by atoms with E-state index in [2.05, 4.69) is 19.2 Å². The average Bonchev–Trinajstić information content (AvgIpc) is 2.98. The minimum atomic E-state index is -0.110. The van der Waals surface area contributed by atoms with Crippen LogP contribution in [0.1, 0.15) is 37.6 Å². The molecule has 2 aromatic rings. The third kappa shape index (κ3) is 4.95. The van der Waals surface area contributed by atoms with Gasteiger partial charge in [-0.05, 0) is 36.1 Å². The van der Waals surface area contributed by atoms with Crippen LogP contribution in [0.15, 0.2) is 59.2 Å². The Morgan fingerprint density at radius 3 is 2.57 bits per heavy atom. The predicted molar refractivity (Wildman–Crippen MR) is 84.5 cm³/mol. The van der Waals surface area contributed by atoms with E-state index in [1.807, 2.05) is 36.4 Å². The van der Waals surface area contributed by atoms with Gasteiger partial charge in [-0.15, -0.1) is 0 Å². The average molecular weight is 283 g/mol. The second-order valence-corrected chi connectivity index (χ2v) is 5.45. The van der Waals surface area contributed by atoms with E-state index in [4.69, 9.17) is 4.42 Å². The van der Waals surface area contributed by atoms with Gasteiger partial charge < -0.3 is 9.73 Å². The molecule has 1 aromatic heterocycles. The highest BCUT2D eigenvalue weighted by Crippen LogP contribution is 2.21. The van der Waals surface area contributed by atoms with Gasteiger partial charge in [-0.2, -0.15) is 0 Å². The molecule has 0 bridgehead atoms. The van der Waals surface area contributed by atoms with Crippen LogP contribution in [-0.2, 0) is 4.79 Å². The summed E-state index contributed by atoms with van der Waals surface area (Å²) >= 11 is 0. The summed E-state index contributed by atoms with van der Waals surface area (Å²) in [5.74, 6) is 1.07. The molecule has 110 valence electrons. The lowest BCUT2D eigenvalue weighted by atomic mass is 9.97. The molecular weight excluding hydrogens is 262 g/mol. The third-order valence-corrected chi connectivity index (χ3v) is 3.17. The van der Waals surface area contributed by atoms with Gasteiger partial charge in [0.25, 0.3) is 0 Å². The number of benzene rings is 1. The van der Waals surface area contributed by atoms with Gasteiger partial charge in [-0.25, -0.2) is 0 Å². The quantitative estimate of drug-likeness (QED) is 0.807. The lowest BCUT2D eigenvalue weighted by Crippen LogP contribution is -2.27. The van der Waals surface area contributed by atoms with Gasteiger partial charge in [0.15, 0.2) is 0 Å². The molecule has 1 N–H and O–H groups in total. The molecule has 0 saturated carbocycles. The van der Waals surface area contributed by atoms with Crippen molar-refractivity contribution in [2.75, 3.05) is 0 Å². The Hall–Kier alpha value is -2.29. The van der Waals surface area contributed by atoms with Crippen molar-refractivity contribution in [3.8, 4) is 0 Å². The normalized spacial score (nSPS) is 12.7. The molecule has 0 aliphatic carbocycles. The maximum atomic E-state index is 12.1. The Morgan fingerprint density at radius 1 is 1.19 bits per heavy atom. The van der Waals surface area contributed by atoms with Crippen molar-refractivity contribution in [3.05, 3.63) is 66.1 Å². The van der Waals surface area contributed by atoms with E-state index >= 15 is 0 Å². The van der Waals surface area contributed by atoms with Crippen LogP contribution in [0.2, 0.25) is 0 Å². The molecule has 0 fully saturated rings. The minimum absolute atomic E-state index is 0.0277. The second kappa shape index (κ2) is 7.48. The zero-order valence-corrected chi connectivity index (χ0v) is 12.5. The zero-order chi connectivity index (χ0) is 15.1. The van der Waals surface area contributed by atoms with E-state index in [9.17, 15) is 4.79 Å². The molecule has 1 atom stereocenters. The third-order valence-electron chi connectivity index (χ3n) is 3.17. The lowest BCUT2D eigenvalue weighted by molar-refractivity contribution is -0.117. The summed E-state index contributed by atoms with van der Waals surface area (Å²) in [5, 5.41) is 3.06. The van der Waals surface area contributed by atoms with Crippen LogP contribution in [-0.4, -0.2) is 5.91 Å². The molecule has 3 heteroatoms. The van der Waals surface area contributed by atoms with Crippen molar-refractivity contribution >= 4 is 12.0 Å². The van der Waals surface area contributed by atoms with Crippen LogP contribution >= 0.6 is 0 Å². The number of rotatable bonds is 6. The van der Waals surface area contributed by atoms with Crippen LogP contribution in [0.25, 0.3) is 6.08 Å². The molecular formula is C18H21NO2. The standard InChI is InChI=1S/C18H21NO2/c1-14(2)13-17(15-7-4-3-5-8-15)19-18(20)11-10-16-9-6-12-21-16/h3-12,14,17H,13H2,1-2H3,(H,19,20)/b11-10+/t17-/m0/s1. The molecule has 0 radical (unpaired) electrons. The molecule has 0 saturated heterocycles. The summed E-state index contributed by atoms with van der Waals surface area (Å²) in [7, 11) is 0. The summed E-state index contributed by atoms with van der Waals surface area (Å²) in [6.07, 6.45) is 5.68. The maximum absolute atomic E-state index is 12.1. The van der Waals surface area contributed by atoms with Crippen LogP contribution in [0.4, 0.5) is 0 Å². The molecule has 1 amide bonds. The molecule has 21 heavy (non-hydrogen) atoms. The first-order valence-electron chi connectivity index (χ1n) is 7.22. The van der Waals surface area contributed by atoms with E-state index in [0.29, 0.717) is 11.7 Å². The summed E-state index contributed by atoms with van der Waals surface area (Å²) in [5.41, 5.74) is 1.13. The molecule has 1 aromatic carbocycles. The molecule has 3 nitrogen and oxygen atoms in total. The largest absolute Gasteiger partial charge is 0.465 e. The molecule has 0 aliphatic rings. The van der Waals surface area contributed by atoms with Gasteiger partial charge in [-0.3, -0.25) is 4.79 Å². The monoisotopic (exact) mass is 283 g/mol. The number of nitrogens with one attached hydrogen (secondary N) is 1. The molecule has 2 rings (SSSR count). The van der Waals surface area contributed by atoms with E-state index in [1.54, 1.807) is 18.4 Å². The smallest absolute Gasteiger partial charge is 0.244 e.